The molecule has 1 aromatic carbocycles. The van der Waals surface area contributed by atoms with Crippen LogP contribution in [0.1, 0.15) is 12.7 Å². The first-order valence-electron chi connectivity index (χ1n) is 6.39. The van der Waals surface area contributed by atoms with Gasteiger partial charge in [0, 0.05) is 0 Å². The first-order chi connectivity index (χ1) is 9.97. The van der Waals surface area contributed by atoms with Crippen molar-refractivity contribution < 1.29 is 23.4 Å². The molecule has 2 aromatic rings. The molecule has 21 heavy (non-hydrogen) atoms. The summed E-state index contributed by atoms with van der Waals surface area (Å²) in [4.78, 5) is 11.6. The maximum absolute atomic E-state index is 12.7. The number of ether oxygens (including phenoxy) is 1. The number of amides is 1. The topological polar surface area (TPSA) is 71.7 Å². The molecular weight excluding hydrogens is 277 g/mol. The van der Waals surface area contributed by atoms with Gasteiger partial charge in [-0.25, -0.2) is 4.39 Å². The summed E-state index contributed by atoms with van der Waals surface area (Å²) in [5.74, 6) is -0.0148. The van der Waals surface area contributed by atoms with E-state index in [1.54, 1.807) is 12.1 Å². The molecule has 0 fully saturated rings. The van der Waals surface area contributed by atoms with Crippen LogP contribution < -0.4 is 10.1 Å². The van der Waals surface area contributed by atoms with Crippen molar-refractivity contribution in [1.29, 1.82) is 0 Å². The summed E-state index contributed by atoms with van der Waals surface area (Å²) in [6.45, 7) is 1.30. The van der Waals surface area contributed by atoms with Gasteiger partial charge in [-0.1, -0.05) is 0 Å². The molecule has 1 aromatic heterocycles. The summed E-state index contributed by atoms with van der Waals surface area (Å²) in [5, 5.41) is 12.7. The highest BCUT2D eigenvalue weighted by molar-refractivity contribution is 5.77. The van der Waals surface area contributed by atoms with Crippen LogP contribution in [0.25, 0.3) is 0 Å². The van der Waals surface area contributed by atoms with Gasteiger partial charge in [0.25, 0.3) is 5.91 Å². The number of rotatable bonds is 6. The number of carbonyl (C=O) groups is 1. The van der Waals surface area contributed by atoms with Crippen molar-refractivity contribution in [3.63, 3.8) is 0 Å². The number of aliphatic hydroxyl groups is 1. The van der Waals surface area contributed by atoms with Crippen molar-refractivity contribution >= 4 is 5.91 Å². The highest BCUT2D eigenvalue weighted by atomic mass is 19.1. The van der Waals surface area contributed by atoms with Gasteiger partial charge in [0.1, 0.15) is 22.9 Å². The number of nitrogens with one attached hydrogen (secondary N) is 1. The molecule has 0 saturated heterocycles. The average Bonchev–Trinajstić information content (AvgIpc) is 3.00. The molecule has 0 spiro atoms. The third-order valence-electron chi connectivity index (χ3n) is 2.87. The number of benzene rings is 1. The molecule has 0 unspecified atom stereocenters. The minimum absolute atomic E-state index is 0.00781. The van der Waals surface area contributed by atoms with Crippen molar-refractivity contribution in [1.82, 2.24) is 5.32 Å². The van der Waals surface area contributed by atoms with E-state index in [4.69, 9.17) is 9.15 Å². The van der Waals surface area contributed by atoms with Gasteiger partial charge in [-0.05, 0) is 43.3 Å². The molecule has 0 aliphatic carbocycles. The molecule has 1 atom stereocenters. The Morgan fingerprint density at radius 3 is 2.71 bits per heavy atom. The van der Waals surface area contributed by atoms with Gasteiger partial charge in [-0.3, -0.25) is 4.79 Å². The fourth-order valence-electron chi connectivity index (χ4n) is 1.67. The van der Waals surface area contributed by atoms with E-state index in [-0.39, 0.29) is 19.0 Å². The largest absolute Gasteiger partial charge is 0.484 e. The molecule has 5 nitrogen and oxygen atoms in total. The van der Waals surface area contributed by atoms with E-state index >= 15 is 0 Å². The van der Waals surface area contributed by atoms with Crippen LogP contribution in [-0.2, 0) is 10.4 Å². The number of hydrogen-bond acceptors (Lipinski definition) is 4. The Morgan fingerprint density at radius 1 is 1.38 bits per heavy atom. The second-order valence-corrected chi connectivity index (χ2v) is 4.77. The number of furan rings is 1. The molecule has 112 valence electrons. The minimum Gasteiger partial charge on any atom is -0.484 e. The minimum atomic E-state index is -1.30. The normalized spacial score (nSPS) is 13.5. The van der Waals surface area contributed by atoms with Crippen LogP contribution in [0, 0.1) is 5.82 Å². The third-order valence-corrected chi connectivity index (χ3v) is 2.87. The lowest BCUT2D eigenvalue weighted by Gasteiger charge is -2.21. The summed E-state index contributed by atoms with van der Waals surface area (Å²) >= 11 is 0. The van der Waals surface area contributed by atoms with Crippen molar-refractivity contribution in [3.05, 3.63) is 54.2 Å². The average molecular weight is 293 g/mol. The van der Waals surface area contributed by atoms with Crippen LogP contribution in [0.3, 0.4) is 0 Å². The van der Waals surface area contributed by atoms with Crippen LogP contribution in [0.5, 0.6) is 5.75 Å². The maximum atomic E-state index is 12.7. The molecule has 0 saturated carbocycles. The third kappa shape index (κ3) is 4.32. The molecule has 1 heterocycles. The number of halogens is 1. The predicted octanol–water partition coefficient (Wildman–Crippen LogP) is 1.82. The Labute approximate surface area is 121 Å². The van der Waals surface area contributed by atoms with Crippen molar-refractivity contribution in [3.8, 4) is 5.75 Å². The molecule has 0 aliphatic heterocycles. The summed E-state index contributed by atoms with van der Waals surface area (Å²) in [7, 11) is 0. The first kappa shape index (κ1) is 15.1. The van der Waals surface area contributed by atoms with Crippen LogP contribution in [0.15, 0.2) is 47.1 Å². The van der Waals surface area contributed by atoms with E-state index in [2.05, 4.69) is 5.32 Å². The lowest BCUT2D eigenvalue weighted by Crippen LogP contribution is -2.40. The van der Waals surface area contributed by atoms with Gasteiger partial charge in [-0.15, -0.1) is 0 Å². The first-order valence-corrected chi connectivity index (χ1v) is 6.39. The Balaban J connectivity index is 1.78. The smallest absolute Gasteiger partial charge is 0.258 e. The van der Waals surface area contributed by atoms with Gasteiger partial charge in [0.15, 0.2) is 6.61 Å². The molecule has 0 radical (unpaired) electrons. The molecule has 0 aliphatic rings. The molecule has 6 heteroatoms. The molecule has 1 amide bonds. The monoisotopic (exact) mass is 293 g/mol. The molecule has 2 rings (SSSR count). The fraction of sp³-hybridized carbons (Fsp3) is 0.267. The summed E-state index contributed by atoms with van der Waals surface area (Å²) < 4.78 is 23.0. The van der Waals surface area contributed by atoms with Crippen molar-refractivity contribution in [2.24, 2.45) is 0 Å². The van der Waals surface area contributed by atoms with E-state index in [1.165, 1.54) is 37.5 Å². The lowest BCUT2D eigenvalue weighted by molar-refractivity contribution is -0.124. The maximum Gasteiger partial charge on any atom is 0.258 e. The summed E-state index contributed by atoms with van der Waals surface area (Å²) in [6, 6.07) is 8.64. The van der Waals surface area contributed by atoms with Crippen molar-refractivity contribution in [2.45, 2.75) is 12.5 Å². The molecule has 0 bridgehead atoms. The van der Waals surface area contributed by atoms with E-state index in [0.29, 0.717) is 11.5 Å². The Bertz CT molecular complexity index is 578. The zero-order valence-electron chi connectivity index (χ0n) is 11.5. The summed E-state index contributed by atoms with van der Waals surface area (Å²) in [6.07, 6.45) is 1.45. The SMILES string of the molecule is C[C@](O)(CNC(=O)COc1ccc(F)cc1)c1ccco1. The molecule has 2 N–H and O–H groups in total. The van der Waals surface area contributed by atoms with Gasteiger partial charge < -0.3 is 19.6 Å². The van der Waals surface area contributed by atoms with E-state index in [0.717, 1.165) is 0 Å². The van der Waals surface area contributed by atoms with Gasteiger partial charge in [0.05, 0.1) is 12.8 Å². The second-order valence-electron chi connectivity index (χ2n) is 4.77. The van der Waals surface area contributed by atoms with Gasteiger partial charge in [0.2, 0.25) is 0 Å². The molecular formula is C15H16FNO4. The highest BCUT2D eigenvalue weighted by Crippen LogP contribution is 2.19. The van der Waals surface area contributed by atoms with Gasteiger partial charge in [-0.2, -0.15) is 0 Å². The van der Waals surface area contributed by atoms with Crippen LogP contribution >= 0.6 is 0 Å². The summed E-state index contributed by atoms with van der Waals surface area (Å²) in [5.41, 5.74) is -1.30. The zero-order valence-corrected chi connectivity index (χ0v) is 11.5. The second kappa shape index (κ2) is 6.41. The fourth-order valence-corrected chi connectivity index (χ4v) is 1.67. The quantitative estimate of drug-likeness (QED) is 0.852. The standard InChI is InChI=1S/C15H16FNO4/c1-15(19,13-3-2-8-20-13)10-17-14(18)9-21-12-6-4-11(16)5-7-12/h2-8,19H,9-10H2,1H3,(H,17,18)/t15-/m0/s1. The number of hydrogen-bond donors (Lipinski definition) is 2. The van der Waals surface area contributed by atoms with Gasteiger partial charge >= 0.3 is 0 Å². The Morgan fingerprint density at radius 2 is 2.10 bits per heavy atom. The van der Waals surface area contributed by atoms with Crippen LogP contribution in [-0.4, -0.2) is 24.2 Å². The van der Waals surface area contributed by atoms with Crippen LogP contribution in [0.2, 0.25) is 0 Å². The zero-order chi connectivity index (χ0) is 15.3. The Hall–Kier alpha value is -2.34. The van der Waals surface area contributed by atoms with E-state index < -0.39 is 11.5 Å². The van der Waals surface area contributed by atoms with E-state index in [1.807, 2.05) is 0 Å². The lowest BCUT2D eigenvalue weighted by atomic mass is 10.0. The Kier molecular flexibility index (Phi) is 4.59. The van der Waals surface area contributed by atoms with Crippen LogP contribution in [0.4, 0.5) is 4.39 Å². The van der Waals surface area contributed by atoms with Crippen molar-refractivity contribution in [2.75, 3.05) is 13.2 Å². The van der Waals surface area contributed by atoms with E-state index in [9.17, 15) is 14.3 Å². The predicted molar refractivity (Wildman–Crippen MR) is 73.2 cm³/mol. The number of carbonyl (C=O) groups excluding carboxylic acids is 1. The highest BCUT2D eigenvalue weighted by Gasteiger charge is 2.26.